The molecule has 1 amide bonds. The van der Waals surface area contributed by atoms with E-state index in [1.165, 1.54) is 32.8 Å². The second-order valence-electron chi connectivity index (χ2n) is 9.24. The average Bonchev–Trinajstić information content (AvgIpc) is 3.14. The Morgan fingerprint density at radius 1 is 0.943 bits per heavy atom. The van der Waals surface area contributed by atoms with Crippen LogP contribution in [0.15, 0.2) is 60.7 Å². The fourth-order valence-corrected chi connectivity index (χ4v) is 4.81. The first kappa shape index (κ1) is 24.6. The number of amides is 1. The highest BCUT2D eigenvalue weighted by Crippen LogP contribution is 2.33. The molecule has 1 aliphatic rings. The number of fused-ring (bicyclic) bond motifs is 1. The van der Waals surface area contributed by atoms with Gasteiger partial charge in [0.2, 0.25) is 0 Å². The number of carbonyl (C=O) groups excluding carboxylic acids is 2. The maximum Gasteiger partial charge on any atom is 0.306 e. The van der Waals surface area contributed by atoms with Crippen molar-refractivity contribution in [3.8, 4) is 11.5 Å². The molecule has 1 saturated carbocycles. The minimum absolute atomic E-state index is 0.0179. The highest BCUT2D eigenvalue weighted by atomic mass is 16.5. The number of esters is 1. The Kier molecular flexibility index (Phi) is 8.24. The Bertz CT molecular complexity index is 1170. The second-order valence-corrected chi connectivity index (χ2v) is 9.24. The summed E-state index contributed by atoms with van der Waals surface area (Å²) in [4.78, 5) is 24.6. The molecule has 0 radical (unpaired) electrons. The molecule has 6 nitrogen and oxygen atoms in total. The van der Waals surface area contributed by atoms with E-state index in [1.807, 2.05) is 42.5 Å². The van der Waals surface area contributed by atoms with E-state index in [0.29, 0.717) is 5.75 Å². The van der Waals surface area contributed by atoms with E-state index in [9.17, 15) is 14.7 Å². The van der Waals surface area contributed by atoms with E-state index < -0.39 is 0 Å². The normalized spacial score (nSPS) is 15.2. The molecule has 0 bridgehead atoms. The first-order chi connectivity index (χ1) is 17.0. The molecule has 1 aliphatic carbocycles. The van der Waals surface area contributed by atoms with Crippen molar-refractivity contribution >= 4 is 22.6 Å². The highest BCUT2D eigenvalue weighted by molar-refractivity contribution is 5.85. The van der Waals surface area contributed by atoms with E-state index in [0.717, 1.165) is 34.7 Å². The molecule has 1 fully saturated rings. The first-order valence-corrected chi connectivity index (χ1v) is 12.3. The standard InChI is InChI=1S/C29H33NO5/c1-34-29(33)18-27(21-7-6-10-25(31)16-21)22-12-11-20-13-14-26(17-23(20)15-22)35-19-28(32)30-24-8-4-2-3-5-9-24/h6-7,10-17,24,27,31H,2-5,8-9,18-19H2,1H3,(H,30,32). The van der Waals surface area contributed by atoms with Crippen LogP contribution >= 0.6 is 0 Å². The quantitative estimate of drug-likeness (QED) is 0.334. The zero-order valence-corrected chi connectivity index (χ0v) is 20.2. The van der Waals surface area contributed by atoms with Gasteiger partial charge in [0.1, 0.15) is 11.5 Å². The van der Waals surface area contributed by atoms with Gasteiger partial charge in [-0.15, -0.1) is 0 Å². The van der Waals surface area contributed by atoms with Gasteiger partial charge in [-0.1, -0.05) is 62.1 Å². The number of phenols is 1. The zero-order valence-electron chi connectivity index (χ0n) is 20.2. The molecule has 35 heavy (non-hydrogen) atoms. The van der Waals surface area contributed by atoms with Gasteiger partial charge >= 0.3 is 5.97 Å². The predicted molar refractivity (Wildman–Crippen MR) is 136 cm³/mol. The largest absolute Gasteiger partial charge is 0.508 e. The van der Waals surface area contributed by atoms with Gasteiger partial charge in [-0.3, -0.25) is 9.59 Å². The number of aromatic hydroxyl groups is 1. The SMILES string of the molecule is COC(=O)CC(c1cccc(O)c1)c1ccc2ccc(OCC(=O)NC3CCCCCC3)cc2c1. The maximum absolute atomic E-state index is 12.4. The van der Waals surface area contributed by atoms with Crippen molar-refractivity contribution in [3.63, 3.8) is 0 Å². The van der Waals surface area contributed by atoms with Crippen molar-refractivity contribution in [3.05, 3.63) is 71.8 Å². The summed E-state index contributed by atoms with van der Waals surface area (Å²) < 4.78 is 10.7. The van der Waals surface area contributed by atoms with Gasteiger partial charge in [-0.05, 0) is 59.0 Å². The molecular weight excluding hydrogens is 442 g/mol. The summed E-state index contributed by atoms with van der Waals surface area (Å²) in [5, 5.41) is 15.0. The van der Waals surface area contributed by atoms with E-state index >= 15 is 0 Å². The van der Waals surface area contributed by atoms with E-state index in [1.54, 1.807) is 18.2 Å². The van der Waals surface area contributed by atoms with Gasteiger partial charge in [-0.2, -0.15) is 0 Å². The van der Waals surface area contributed by atoms with Crippen molar-refractivity contribution in [1.29, 1.82) is 0 Å². The van der Waals surface area contributed by atoms with Gasteiger partial charge < -0.3 is 19.9 Å². The number of benzene rings is 3. The van der Waals surface area contributed by atoms with Gasteiger partial charge in [0, 0.05) is 12.0 Å². The molecule has 0 saturated heterocycles. The number of ether oxygens (including phenoxy) is 2. The van der Waals surface area contributed by atoms with Gasteiger partial charge in [0.15, 0.2) is 6.61 Å². The molecule has 6 heteroatoms. The molecule has 0 aliphatic heterocycles. The molecule has 2 N–H and O–H groups in total. The van der Waals surface area contributed by atoms with Crippen LogP contribution in [0.3, 0.4) is 0 Å². The molecule has 4 rings (SSSR count). The number of carbonyl (C=O) groups is 2. The van der Waals surface area contributed by atoms with Crippen molar-refractivity contribution in [2.24, 2.45) is 0 Å². The molecule has 1 atom stereocenters. The fourth-order valence-electron chi connectivity index (χ4n) is 4.81. The number of hydrogen-bond donors (Lipinski definition) is 2. The minimum atomic E-state index is -0.324. The third-order valence-corrected chi connectivity index (χ3v) is 6.70. The van der Waals surface area contributed by atoms with Crippen molar-refractivity contribution in [2.45, 2.75) is 56.9 Å². The summed E-state index contributed by atoms with van der Waals surface area (Å²) in [5.41, 5.74) is 1.76. The number of hydrogen-bond acceptors (Lipinski definition) is 5. The van der Waals surface area contributed by atoms with Gasteiger partial charge in [0.25, 0.3) is 5.91 Å². The number of rotatable bonds is 8. The van der Waals surface area contributed by atoms with Crippen molar-refractivity contribution < 1.29 is 24.2 Å². The summed E-state index contributed by atoms with van der Waals surface area (Å²) in [5.74, 6) is 0.0837. The monoisotopic (exact) mass is 475 g/mol. The molecule has 0 heterocycles. The van der Waals surface area contributed by atoms with Crippen LogP contribution in [0.1, 0.15) is 62.0 Å². The molecule has 1 unspecified atom stereocenters. The van der Waals surface area contributed by atoms with Crippen LogP contribution in [-0.4, -0.2) is 36.7 Å². The minimum Gasteiger partial charge on any atom is -0.508 e. The first-order valence-electron chi connectivity index (χ1n) is 12.3. The lowest BCUT2D eigenvalue weighted by atomic mass is 9.87. The Balaban J connectivity index is 1.50. The lowest BCUT2D eigenvalue weighted by Crippen LogP contribution is -2.37. The molecule has 3 aromatic rings. The van der Waals surface area contributed by atoms with Crippen LogP contribution in [0.2, 0.25) is 0 Å². The fraction of sp³-hybridized carbons (Fsp3) is 0.379. The third-order valence-electron chi connectivity index (χ3n) is 6.70. The highest BCUT2D eigenvalue weighted by Gasteiger charge is 2.20. The number of nitrogens with one attached hydrogen (secondary N) is 1. The average molecular weight is 476 g/mol. The Morgan fingerprint density at radius 2 is 1.69 bits per heavy atom. The lowest BCUT2D eigenvalue weighted by Gasteiger charge is -2.18. The van der Waals surface area contributed by atoms with Crippen LogP contribution < -0.4 is 10.1 Å². The Hall–Kier alpha value is -3.54. The van der Waals surface area contributed by atoms with Crippen LogP contribution in [0.4, 0.5) is 0 Å². The van der Waals surface area contributed by atoms with Gasteiger partial charge in [-0.25, -0.2) is 0 Å². The molecule has 3 aromatic carbocycles. The predicted octanol–water partition coefficient (Wildman–Crippen LogP) is 5.46. The van der Waals surface area contributed by atoms with Crippen LogP contribution in [0.5, 0.6) is 11.5 Å². The van der Waals surface area contributed by atoms with Crippen LogP contribution in [0, 0.1) is 0 Å². The summed E-state index contributed by atoms with van der Waals surface area (Å²) in [7, 11) is 1.37. The Morgan fingerprint density at radius 3 is 2.43 bits per heavy atom. The zero-order chi connectivity index (χ0) is 24.6. The smallest absolute Gasteiger partial charge is 0.306 e. The third kappa shape index (κ3) is 6.75. The summed E-state index contributed by atoms with van der Waals surface area (Å²) in [6.07, 6.45) is 7.05. The number of methoxy groups -OCH3 is 1. The van der Waals surface area contributed by atoms with Gasteiger partial charge in [0.05, 0.1) is 13.5 Å². The van der Waals surface area contributed by atoms with Crippen LogP contribution in [-0.2, 0) is 14.3 Å². The number of phenolic OH excluding ortho intramolecular Hbond substituents is 1. The molecule has 184 valence electrons. The topological polar surface area (TPSA) is 84.9 Å². The summed E-state index contributed by atoms with van der Waals surface area (Å²) >= 11 is 0. The van der Waals surface area contributed by atoms with E-state index in [4.69, 9.17) is 9.47 Å². The van der Waals surface area contributed by atoms with E-state index in [-0.39, 0.29) is 42.6 Å². The maximum atomic E-state index is 12.4. The second kappa shape index (κ2) is 11.7. The molecule has 0 aromatic heterocycles. The lowest BCUT2D eigenvalue weighted by molar-refractivity contribution is -0.140. The Labute approximate surface area is 206 Å². The van der Waals surface area contributed by atoms with Crippen LogP contribution in [0.25, 0.3) is 10.8 Å². The van der Waals surface area contributed by atoms with Crippen molar-refractivity contribution in [1.82, 2.24) is 5.32 Å². The van der Waals surface area contributed by atoms with E-state index in [2.05, 4.69) is 5.32 Å². The molecule has 0 spiro atoms. The summed E-state index contributed by atoms with van der Waals surface area (Å²) in [6.45, 7) is -0.0179. The van der Waals surface area contributed by atoms with Crippen molar-refractivity contribution in [2.75, 3.05) is 13.7 Å². The molecular formula is C29H33NO5. The summed E-state index contributed by atoms with van der Waals surface area (Å²) in [6, 6.07) is 18.9.